The Bertz CT molecular complexity index is 658. The van der Waals surface area contributed by atoms with Crippen LogP contribution in [0, 0.1) is 10.1 Å². The molecule has 7 heteroatoms. The topological polar surface area (TPSA) is 103 Å². The summed E-state index contributed by atoms with van der Waals surface area (Å²) < 4.78 is 5.42. The number of hydrogen-bond acceptors (Lipinski definition) is 5. The molecular weight excluding hydrogens is 276 g/mol. The molecule has 0 radical (unpaired) electrons. The minimum absolute atomic E-state index is 0.280. The number of nitrogens with zero attached hydrogens (tertiary/aromatic N) is 2. The molecular formula is C14H12N2O5. The van der Waals surface area contributed by atoms with Crippen molar-refractivity contribution in [3.8, 4) is 5.75 Å². The van der Waals surface area contributed by atoms with E-state index in [0.717, 1.165) is 17.7 Å². The van der Waals surface area contributed by atoms with Crippen molar-refractivity contribution >= 4 is 11.7 Å². The molecule has 0 atom stereocenters. The van der Waals surface area contributed by atoms with Crippen molar-refractivity contribution in [2.45, 2.75) is 6.42 Å². The van der Waals surface area contributed by atoms with Crippen LogP contribution >= 0.6 is 0 Å². The Balaban J connectivity index is 2.05. The lowest BCUT2D eigenvalue weighted by atomic mass is 10.1. The third kappa shape index (κ3) is 3.75. The van der Waals surface area contributed by atoms with Crippen molar-refractivity contribution < 1.29 is 19.6 Å². The average Bonchev–Trinajstić information content (AvgIpc) is 2.48. The van der Waals surface area contributed by atoms with Crippen molar-refractivity contribution in [3.05, 3.63) is 64.0 Å². The van der Waals surface area contributed by atoms with Gasteiger partial charge in [-0.1, -0.05) is 6.07 Å². The fraction of sp³-hybridized carbons (Fsp3) is 0.143. The van der Waals surface area contributed by atoms with E-state index in [4.69, 9.17) is 9.84 Å². The zero-order valence-electron chi connectivity index (χ0n) is 10.9. The Morgan fingerprint density at radius 2 is 2.19 bits per heavy atom. The molecule has 0 aliphatic heterocycles. The van der Waals surface area contributed by atoms with Crippen LogP contribution in [-0.2, 0) is 6.42 Å². The van der Waals surface area contributed by atoms with Crippen LogP contribution in [0.2, 0.25) is 0 Å². The molecule has 21 heavy (non-hydrogen) atoms. The first kappa shape index (κ1) is 14.4. The molecule has 0 spiro atoms. The molecule has 1 N–H and O–H groups in total. The molecule has 1 aromatic carbocycles. The summed E-state index contributed by atoms with van der Waals surface area (Å²) in [5.41, 5.74) is 0.138. The second-order valence-electron chi connectivity index (χ2n) is 4.20. The highest BCUT2D eigenvalue weighted by Gasteiger charge is 2.20. The van der Waals surface area contributed by atoms with Gasteiger partial charge in [-0.3, -0.25) is 15.1 Å². The predicted molar refractivity (Wildman–Crippen MR) is 73.5 cm³/mol. The predicted octanol–water partition coefficient (Wildman–Crippen LogP) is 2.31. The first-order valence-electron chi connectivity index (χ1n) is 6.11. The Labute approximate surface area is 120 Å². The van der Waals surface area contributed by atoms with E-state index in [-0.39, 0.29) is 11.3 Å². The van der Waals surface area contributed by atoms with Crippen LogP contribution in [-0.4, -0.2) is 27.6 Å². The van der Waals surface area contributed by atoms with Gasteiger partial charge in [0.1, 0.15) is 11.3 Å². The van der Waals surface area contributed by atoms with Crippen molar-refractivity contribution in [2.75, 3.05) is 6.61 Å². The first-order valence-corrected chi connectivity index (χ1v) is 6.11. The number of pyridine rings is 1. The van der Waals surface area contributed by atoms with Crippen LogP contribution in [0.3, 0.4) is 0 Å². The van der Waals surface area contributed by atoms with Gasteiger partial charge in [-0.05, 0) is 17.7 Å². The molecule has 2 rings (SSSR count). The summed E-state index contributed by atoms with van der Waals surface area (Å²) in [5, 5.41) is 19.7. The highest BCUT2D eigenvalue weighted by atomic mass is 16.6. The monoisotopic (exact) mass is 288 g/mol. The third-order valence-electron chi connectivity index (χ3n) is 2.78. The zero-order chi connectivity index (χ0) is 15.2. The number of hydrogen-bond donors (Lipinski definition) is 1. The number of nitro benzene ring substituents is 1. The number of carboxylic acids is 1. The summed E-state index contributed by atoms with van der Waals surface area (Å²) in [5.74, 6) is -1.08. The molecule has 0 saturated carbocycles. The number of aromatic carboxylic acids is 1. The summed E-state index contributed by atoms with van der Waals surface area (Å²) in [4.78, 5) is 25.0. The van der Waals surface area contributed by atoms with Gasteiger partial charge < -0.3 is 9.84 Å². The number of carboxylic acid groups (broad SMARTS) is 1. The molecule has 108 valence electrons. The third-order valence-corrected chi connectivity index (χ3v) is 2.78. The van der Waals surface area contributed by atoms with E-state index in [2.05, 4.69) is 4.98 Å². The molecule has 0 bridgehead atoms. The molecule has 1 heterocycles. The van der Waals surface area contributed by atoms with Gasteiger partial charge in [0.05, 0.1) is 11.5 Å². The van der Waals surface area contributed by atoms with E-state index in [1.807, 2.05) is 12.1 Å². The normalized spacial score (nSPS) is 10.1. The van der Waals surface area contributed by atoms with Gasteiger partial charge in [0.15, 0.2) is 0 Å². The maximum Gasteiger partial charge on any atom is 0.342 e. The minimum Gasteiger partial charge on any atom is -0.493 e. The number of benzene rings is 1. The number of carbonyl (C=O) groups is 1. The molecule has 0 aliphatic carbocycles. The number of aromatic nitrogens is 1. The van der Waals surface area contributed by atoms with Crippen molar-refractivity contribution in [1.82, 2.24) is 4.98 Å². The van der Waals surface area contributed by atoms with E-state index in [1.165, 1.54) is 6.07 Å². The number of rotatable bonds is 6. The Morgan fingerprint density at radius 3 is 2.81 bits per heavy atom. The van der Waals surface area contributed by atoms with Gasteiger partial charge in [-0.25, -0.2) is 4.79 Å². The smallest absolute Gasteiger partial charge is 0.342 e. The quantitative estimate of drug-likeness (QED) is 0.646. The lowest BCUT2D eigenvalue weighted by Crippen LogP contribution is -2.05. The van der Waals surface area contributed by atoms with Crippen molar-refractivity contribution in [3.63, 3.8) is 0 Å². The Hall–Kier alpha value is -2.96. The largest absolute Gasteiger partial charge is 0.493 e. The summed E-state index contributed by atoms with van der Waals surface area (Å²) in [6, 6.07) is 7.37. The first-order chi connectivity index (χ1) is 10.1. The van der Waals surface area contributed by atoms with Crippen LogP contribution in [0.25, 0.3) is 0 Å². The van der Waals surface area contributed by atoms with Crippen LogP contribution < -0.4 is 4.74 Å². The zero-order valence-corrected chi connectivity index (χ0v) is 10.9. The number of ether oxygens (including phenoxy) is 1. The van der Waals surface area contributed by atoms with Gasteiger partial charge in [0, 0.05) is 30.9 Å². The minimum atomic E-state index is -1.36. The van der Waals surface area contributed by atoms with Crippen molar-refractivity contribution in [2.24, 2.45) is 0 Å². The fourth-order valence-corrected chi connectivity index (χ4v) is 1.77. The van der Waals surface area contributed by atoms with E-state index < -0.39 is 16.6 Å². The Morgan fingerprint density at radius 1 is 1.38 bits per heavy atom. The van der Waals surface area contributed by atoms with E-state index in [9.17, 15) is 14.9 Å². The lowest BCUT2D eigenvalue weighted by Gasteiger charge is -2.07. The average molecular weight is 288 g/mol. The standard InChI is InChI=1S/C14H12N2O5/c17-14(18)12-8-11(3-4-13(12)16(19)20)21-7-5-10-2-1-6-15-9-10/h1-4,6,8-9H,5,7H2,(H,17,18). The molecule has 0 fully saturated rings. The summed E-state index contributed by atoms with van der Waals surface area (Å²) >= 11 is 0. The molecule has 0 aliphatic rings. The van der Waals surface area contributed by atoms with E-state index in [0.29, 0.717) is 13.0 Å². The van der Waals surface area contributed by atoms with Crippen LogP contribution in [0.5, 0.6) is 5.75 Å². The van der Waals surface area contributed by atoms with Gasteiger partial charge in [-0.2, -0.15) is 0 Å². The summed E-state index contributed by atoms with van der Waals surface area (Å²) in [7, 11) is 0. The molecule has 2 aromatic rings. The van der Waals surface area contributed by atoms with Gasteiger partial charge in [0.25, 0.3) is 5.69 Å². The van der Waals surface area contributed by atoms with Crippen molar-refractivity contribution in [1.29, 1.82) is 0 Å². The molecule has 0 amide bonds. The van der Waals surface area contributed by atoms with E-state index >= 15 is 0 Å². The maximum atomic E-state index is 11.0. The Kier molecular flexibility index (Phi) is 4.45. The molecule has 0 unspecified atom stereocenters. The van der Waals surface area contributed by atoms with Gasteiger partial charge in [-0.15, -0.1) is 0 Å². The van der Waals surface area contributed by atoms with Gasteiger partial charge in [0.2, 0.25) is 0 Å². The molecule has 0 saturated heterocycles. The SMILES string of the molecule is O=C(O)c1cc(OCCc2cccnc2)ccc1[N+](=O)[O-]. The summed E-state index contributed by atoms with van der Waals surface area (Å²) in [6.07, 6.45) is 3.98. The molecule has 1 aromatic heterocycles. The highest BCUT2D eigenvalue weighted by molar-refractivity contribution is 5.92. The number of nitro groups is 1. The second-order valence-corrected chi connectivity index (χ2v) is 4.20. The summed E-state index contributed by atoms with van der Waals surface area (Å²) in [6.45, 7) is 0.322. The second kappa shape index (κ2) is 6.47. The van der Waals surface area contributed by atoms with Crippen LogP contribution in [0.4, 0.5) is 5.69 Å². The van der Waals surface area contributed by atoms with E-state index in [1.54, 1.807) is 12.4 Å². The maximum absolute atomic E-state index is 11.0. The highest BCUT2D eigenvalue weighted by Crippen LogP contribution is 2.24. The van der Waals surface area contributed by atoms with Crippen LogP contribution in [0.15, 0.2) is 42.7 Å². The van der Waals surface area contributed by atoms with Gasteiger partial charge >= 0.3 is 5.97 Å². The van der Waals surface area contributed by atoms with Crippen LogP contribution in [0.1, 0.15) is 15.9 Å². The lowest BCUT2D eigenvalue weighted by molar-refractivity contribution is -0.385. The fourth-order valence-electron chi connectivity index (χ4n) is 1.77. The molecule has 7 nitrogen and oxygen atoms in total.